The first-order valence-corrected chi connectivity index (χ1v) is 8.12. The molecule has 0 aliphatic rings. The Bertz CT molecular complexity index is 277. The summed E-state index contributed by atoms with van der Waals surface area (Å²) in [5.41, 5.74) is 1.62. The SMILES string of the molecule is C[Si](C)(C/C=C/Cl)c1ccccc1. The van der Waals surface area contributed by atoms with E-state index in [2.05, 4.69) is 49.5 Å². The van der Waals surface area contributed by atoms with Gasteiger partial charge in [0.15, 0.2) is 0 Å². The van der Waals surface area contributed by atoms with Crippen LogP contribution in [-0.2, 0) is 0 Å². The van der Waals surface area contributed by atoms with Crippen molar-refractivity contribution >= 4 is 24.9 Å². The van der Waals surface area contributed by atoms with Crippen molar-refractivity contribution in [1.82, 2.24) is 0 Å². The molecular weight excluding hydrogens is 196 g/mol. The lowest BCUT2D eigenvalue weighted by molar-refractivity contribution is 1.54. The second-order valence-corrected chi connectivity index (χ2v) is 8.82. The molecule has 0 atom stereocenters. The van der Waals surface area contributed by atoms with Crippen molar-refractivity contribution in [3.8, 4) is 0 Å². The molecule has 0 radical (unpaired) electrons. The van der Waals surface area contributed by atoms with Crippen LogP contribution in [0.3, 0.4) is 0 Å². The van der Waals surface area contributed by atoms with Gasteiger partial charge in [-0.05, 0) is 11.6 Å². The molecule has 0 heterocycles. The van der Waals surface area contributed by atoms with Crippen LogP contribution in [0, 0.1) is 0 Å². The molecule has 0 fully saturated rings. The molecule has 13 heavy (non-hydrogen) atoms. The van der Waals surface area contributed by atoms with E-state index in [1.807, 2.05) is 0 Å². The third-order valence-corrected chi connectivity index (χ3v) is 5.60. The maximum absolute atomic E-state index is 5.54. The average Bonchev–Trinajstić information content (AvgIpc) is 2.16. The molecule has 0 aliphatic heterocycles. The van der Waals surface area contributed by atoms with Gasteiger partial charge in [0.05, 0.1) is 8.07 Å². The Morgan fingerprint density at radius 1 is 1.23 bits per heavy atom. The molecule has 1 aromatic carbocycles. The molecule has 0 aromatic heterocycles. The lowest BCUT2D eigenvalue weighted by atomic mass is 10.4. The first-order chi connectivity index (χ1) is 6.17. The van der Waals surface area contributed by atoms with Gasteiger partial charge in [-0.15, -0.1) is 0 Å². The first kappa shape index (κ1) is 10.5. The highest BCUT2D eigenvalue weighted by molar-refractivity contribution is 6.90. The number of allylic oxidation sites excluding steroid dienone is 1. The predicted molar refractivity (Wildman–Crippen MR) is 63.4 cm³/mol. The molecule has 0 nitrogen and oxygen atoms in total. The van der Waals surface area contributed by atoms with Gasteiger partial charge in [0.2, 0.25) is 0 Å². The van der Waals surface area contributed by atoms with Crippen LogP contribution in [0.4, 0.5) is 0 Å². The molecule has 1 aromatic rings. The van der Waals surface area contributed by atoms with Crippen LogP contribution in [0.1, 0.15) is 0 Å². The fraction of sp³-hybridized carbons (Fsp3) is 0.273. The van der Waals surface area contributed by atoms with Gasteiger partial charge in [0.1, 0.15) is 0 Å². The summed E-state index contributed by atoms with van der Waals surface area (Å²) in [4.78, 5) is 0. The minimum atomic E-state index is -1.27. The van der Waals surface area contributed by atoms with Crippen LogP contribution < -0.4 is 5.19 Å². The molecular formula is C11H15ClSi. The minimum Gasteiger partial charge on any atom is -0.0933 e. The van der Waals surface area contributed by atoms with Crippen LogP contribution in [0.5, 0.6) is 0 Å². The van der Waals surface area contributed by atoms with Gasteiger partial charge in [-0.1, -0.05) is 66.3 Å². The normalized spacial score (nSPS) is 12.2. The second-order valence-electron chi connectivity index (χ2n) is 3.82. The van der Waals surface area contributed by atoms with Crippen molar-refractivity contribution < 1.29 is 0 Å². The molecule has 1 rings (SSSR count). The average molecular weight is 211 g/mol. The molecule has 0 amide bonds. The molecule has 0 saturated heterocycles. The third-order valence-electron chi connectivity index (χ3n) is 2.27. The molecule has 0 aliphatic carbocycles. The Morgan fingerprint density at radius 2 is 1.85 bits per heavy atom. The zero-order chi connectivity index (χ0) is 9.73. The Labute approximate surface area is 86.3 Å². The van der Waals surface area contributed by atoms with E-state index in [0.29, 0.717) is 0 Å². The molecule has 70 valence electrons. The van der Waals surface area contributed by atoms with Crippen molar-refractivity contribution in [1.29, 1.82) is 0 Å². The van der Waals surface area contributed by atoms with Crippen LogP contribution in [0.25, 0.3) is 0 Å². The topological polar surface area (TPSA) is 0 Å². The van der Waals surface area contributed by atoms with Crippen molar-refractivity contribution in [2.75, 3.05) is 0 Å². The maximum Gasteiger partial charge on any atom is 0.0843 e. The summed E-state index contributed by atoms with van der Waals surface area (Å²) in [6.07, 6.45) is 2.06. The number of hydrogen-bond acceptors (Lipinski definition) is 0. The largest absolute Gasteiger partial charge is 0.0933 e. The molecule has 0 bridgehead atoms. The Hall–Kier alpha value is -0.533. The second kappa shape index (κ2) is 4.63. The molecule has 2 heteroatoms. The van der Waals surface area contributed by atoms with Gasteiger partial charge in [-0.2, -0.15) is 0 Å². The molecule has 0 N–H and O–H groups in total. The monoisotopic (exact) mass is 210 g/mol. The molecule has 0 spiro atoms. The summed E-state index contributed by atoms with van der Waals surface area (Å²) in [5, 5.41) is 1.49. The van der Waals surface area contributed by atoms with Gasteiger partial charge in [0.25, 0.3) is 0 Å². The first-order valence-electron chi connectivity index (χ1n) is 4.47. The molecule has 0 unspecified atom stereocenters. The van der Waals surface area contributed by atoms with E-state index in [0.717, 1.165) is 6.04 Å². The zero-order valence-corrected chi connectivity index (χ0v) is 9.88. The van der Waals surface area contributed by atoms with E-state index in [4.69, 9.17) is 11.6 Å². The van der Waals surface area contributed by atoms with Crippen molar-refractivity contribution in [3.05, 3.63) is 41.9 Å². The van der Waals surface area contributed by atoms with Gasteiger partial charge in [-0.3, -0.25) is 0 Å². The van der Waals surface area contributed by atoms with E-state index < -0.39 is 8.07 Å². The third kappa shape index (κ3) is 3.01. The highest BCUT2D eigenvalue weighted by atomic mass is 35.5. The quantitative estimate of drug-likeness (QED) is 0.672. The Morgan fingerprint density at radius 3 is 2.38 bits per heavy atom. The predicted octanol–water partition coefficient (Wildman–Crippen LogP) is 3.35. The van der Waals surface area contributed by atoms with E-state index in [-0.39, 0.29) is 0 Å². The number of halogens is 1. The summed E-state index contributed by atoms with van der Waals surface area (Å²) in [6.45, 7) is 4.72. The summed E-state index contributed by atoms with van der Waals surface area (Å²) >= 11 is 5.54. The summed E-state index contributed by atoms with van der Waals surface area (Å²) in [5.74, 6) is 0. The van der Waals surface area contributed by atoms with E-state index in [1.54, 1.807) is 5.54 Å². The van der Waals surface area contributed by atoms with Gasteiger partial charge < -0.3 is 0 Å². The number of rotatable bonds is 3. The lowest BCUT2D eigenvalue weighted by Gasteiger charge is -2.20. The van der Waals surface area contributed by atoms with Crippen molar-refractivity contribution in [2.45, 2.75) is 19.1 Å². The van der Waals surface area contributed by atoms with E-state index in [9.17, 15) is 0 Å². The molecule has 0 saturated carbocycles. The smallest absolute Gasteiger partial charge is 0.0843 e. The minimum absolute atomic E-state index is 1.11. The van der Waals surface area contributed by atoms with Crippen molar-refractivity contribution in [3.63, 3.8) is 0 Å². The Kier molecular flexibility index (Phi) is 3.76. The summed E-state index contributed by atoms with van der Waals surface area (Å²) < 4.78 is 0. The fourth-order valence-electron chi connectivity index (χ4n) is 1.35. The van der Waals surface area contributed by atoms with E-state index >= 15 is 0 Å². The summed E-state index contributed by atoms with van der Waals surface area (Å²) in [7, 11) is -1.27. The fourth-order valence-corrected chi connectivity index (χ4v) is 3.62. The van der Waals surface area contributed by atoms with Crippen molar-refractivity contribution in [2.24, 2.45) is 0 Å². The number of hydrogen-bond donors (Lipinski definition) is 0. The van der Waals surface area contributed by atoms with Gasteiger partial charge >= 0.3 is 0 Å². The standard InChI is InChI=1S/C11H15ClSi/c1-13(2,10-6-9-12)11-7-4-3-5-8-11/h3-9H,10H2,1-2H3/b9-6+. The maximum atomic E-state index is 5.54. The summed E-state index contributed by atoms with van der Waals surface area (Å²) in [6, 6.07) is 11.8. The number of benzene rings is 1. The highest BCUT2D eigenvalue weighted by Crippen LogP contribution is 2.10. The van der Waals surface area contributed by atoms with Crippen LogP contribution in [0.2, 0.25) is 19.1 Å². The van der Waals surface area contributed by atoms with Gasteiger partial charge in [-0.25, -0.2) is 0 Å². The zero-order valence-electron chi connectivity index (χ0n) is 8.13. The highest BCUT2D eigenvalue weighted by Gasteiger charge is 2.20. The van der Waals surface area contributed by atoms with Crippen LogP contribution in [-0.4, -0.2) is 8.07 Å². The van der Waals surface area contributed by atoms with E-state index in [1.165, 1.54) is 5.19 Å². The van der Waals surface area contributed by atoms with Crippen LogP contribution >= 0.6 is 11.6 Å². The Balaban J connectivity index is 2.81. The van der Waals surface area contributed by atoms with Gasteiger partial charge in [0, 0.05) is 0 Å². The van der Waals surface area contributed by atoms with Crippen LogP contribution in [0.15, 0.2) is 41.9 Å². The lowest BCUT2D eigenvalue weighted by Crippen LogP contribution is -2.40.